The van der Waals surface area contributed by atoms with Crippen LogP contribution in [0.3, 0.4) is 0 Å². The summed E-state index contributed by atoms with van der Waals surface area (Å²) in [6, 6.07) is 8.20. The summed E-state index contributed by atoms with van der Waals surface area (Å²) < 4.78 is 0. The van der Waals surface area contributed by atoms with Crippen molar-refractivity contribution in [3.05, 3.63) is 35.9 Å². The predicted octanol–water partition coefficient (Wildman–Crippen LogP) is 0.899. The lowest BCUT2D eigenvalue weighted by atomic mass is 10.00. The molecule has 1 saturated heterocycles. The molecule has 1 aromatic rings. The van der Waals surface area contributed by atoms with Crippen molar-refractivity contribution in [1.29, 1.82) is 0 Å². The Morgan fingerprint density at radius 2 is 1.91 bits per heavy atom. The molecule has 6 heteroatoms. The summed E-state index contributed by atoms with van der Waals surface area (Å²) >= 11 is 0. The molecular weight excluding hydrogens is 280 g/mol. The van der Waals surface area contributed by atoms with Gasteiger partial charge in [-0.2, -0.15) is 0 Å². The maximum Gasteiger partial charge on any atom is 0.327 e. The first-order valence-electron chi connectivity index (χ1n) is 7.39. The molecule has 0 bridgehead atoms. The maximum absolute atomic E-state index is 12.7. The average molecular weight is 304 g/mol. The van der Waals surface area contributed by atoms with Crippen molar-refractivity contribution in [1.82, 2.24) is 14.7 Å². The zero-order valence-electron chi connectivity index (χ0n) is 13.6. The third kappa shape index (κ3) is 2.98. The number of urea groups is 1. The number of benzene rings is 1. The fourth-order valence-corrected chi connectivity index (χ4v) is 2.85. The van der Waals surface area contributed by atoms with Crippen molar-refractivity contribution in [2.45, 2.75) is 25.0 Å². The van der Waals surface area contributed by atoms with Gasteiger partial charge in [-0.05, 0) is 26.6 Å². The van der Waals surface area contributed by atoms with Crippen molar-refractivity contribution in [3.8, 4) is 0 Å². The lowest BCUT2D eigenvalue weighted by Crippen LogP contribution is -2.50. The summed E-state index contributed by atoms with van der Waals surface area (Å²) in [4.78, 5) is 29.9. The number of nitrogens with two attached hydrogens (primary N) is 1. The van der Waals surface area contributed by atoms with E-state index in [1.54, 1.807) is 11.9 Å². The van der Waals surface area contributed by atoms with Gasteiger partial charge < -0.3 is 15.5 Å². The fraction of sp³-hybridized carbons (Fsp3) is 0.500. The standard InChI is InChI=1S/C16H24N4O2/c1-11-14(12-8-6-5-7-9-12)20(16(22)19(11)4)15(21)13(17)10-18(2)3/h5-9,11,13-14H,10,17H2,1-4H3/t11-,13-,14-/m0/s1. The van der Waals surface area contributed by atoms with Crippen molar-refractivity contribution >= 4 is 11.9 Å². The third-order valence-corrected chi connectivity index (χ3v) is 4.11. The second-order valence-electron chi connectivity index (χ2n) is 6.07. The van der Waals surface area contributed by atoms with Crippen molar-refractivity contribution in [3.63, 3.8) is 0 Å². The minimum absolute atomic E-state index is 0.0922. The lowest BCUT2D eigenvalue weighted by molar-refractivity contribution is -0.131. The van der Waals surface area contributed by atoms with Gasteiger partial charge in [-0.15, -0.1) is 0 Å². The van der Waals surface area contributed by atoms with Gasteiger partial charge >= 0.3 is 6.03 Å². The van der Waals surface area contributed by atoms with Crippen LogP contribution in [0.15, 0.2) is 30.3 Å². The Hall–Kier alpha value is -1.92. The van der Waals surface area contributed by atoms with Gasteiger partial charge in [0.25, 0.3) is 0 Å². The number of amides is 3. The van der Waals surface area contributed by atoms with E-state index >= 15 is 0 Å². The minimum Gasteiger partial charge on any atom is -0.322 e. The van der Waals surface area contributed by atoms with Gasteiger partial charge in [-0.25, -0.2) is 4.79 Å². The topological polar surface area (TPSA) is 69.9 Å². The molecule has 0 radical (unpaired) electrons. The molecule has 1 aliphatic heterocycles. The zero-order valence-corrected chi connectivity index (χ0v) is 13.6. The summed E-state index contributed by atoms with van der Waals surface area (Å²) in [5.74, 6) is -0.330. The van der Waals surface area contributed by atoms with Gasteiger partial charge in [0.05, 0.1) is 18.1 Å². The van der Waals surface area contributed by atoms with Crippen LogP contribution in [0.2, 0.25) is 0 Å². The van der Waals surface area contributed by atoms with Gasteiger partial charge in [0.1, 0.15) is 0 Å². The highest BCUT2D eigenvalue weighted by atomic mass is 16.2. The SMILES string of the molecule is C[C@H]1[C@@H](c2ccccc2)N(C(=O)[C@@H](N)CN(C)C)C(=O)N1C. The zero-order chi connectivity index (χ0) is 16.4. The number of carbonyl (C=O) groups is 2. The quantitative estimate of drug-likeness (QED) is 0.897. The molecule has 2 rings (SSSR count). The molecule has 0 aliphatic carbocycles. The van der Waals surface area contributed by atoms with Crippen LogP contribution in [0, 0.1) is 0 Å². The number of nitrogens with zero attached hydrogens (tertiary/aromatic N) is 3. The third-order valence-electron chi connectivity index (χ3n) is 4.11. The van der Waals surface area contributed by atoms with E-state index in [2.05, 4.69) is 0 Å². The molecule has 3 amide bonds. The van der Waals surface area contributed by atoms with E-state index in [0.29, 0.717) is 6.54 Å². The first-order chi connectivity index (χ1) is 10.3. The van der Waals surface area contributed by atoms with Crippen molar-refractivity contribution in [2.75, 3.05) is 27.7 Å². The molecule has 3 atom stereocenters. The van der Waals surface area contributed by atoms with Crippen LogP contribution in [0.25, 0.3) is 0 Å². The van der Waals surface area contributed by atoms with Gasteiger partial charge in [0, 0.05) is 13.6 Å². The van der Waals surface area contributed by atoms with Crippen LogP contribution in [0.4, 0.5) is 4.79 Å². The number of likely N-dealkylation sites (N-methyl/N-ethyl adjacent to an activating group) is 2. The summed E-state index contributed by atoms with van der Waals surface area (Å²) in [7, 11) is 5.42. The number of hydrogen-bond donors (Lipinski definition) is 1. The average Bonchev–Trinajstić information content (AvgIpc) is 2.71. The molecule has 0 aromatic heterocycles. The van der Waals surface area contributed by atoms with E-state index in [4.69, 9.17) is 5.73 Å². The van der Waals surface area contributed by atoms with Crippen molar-refractivity contribution < 1.29 is 9.59 Å². The number of hydrogen-bond acceptors (Lipinski definition) is 4. The smallest absolute Gasteiger partial charge is 0.322 e. The van der Waals surface area contributed by atoms with E-state index in [0.717, 1.165) is 5.56 Å². The van der Waals surface area contributed by atoms with E-state index < -0.39 is 6.04 Å². The highest BCUT2D eigenvalue weighted by molar-refractivity contribution is 5.99. The number of carbonyl (C=O) groups excluding carboxylic acids is 2. The van der Waals surface area contributed by atoms with E-state index in [1.807, 2.05) is 56.3 Å². The lowest BCUT2D eigenvalue weighted by Gasteiger charge is -2.27. The summed E-state index contributed by atoms with van der Waals surface area (Å²) in [5, 5.41) is 0. The fourth-order valence-electron chi connectivity index (χ4n) is 2.85. The highest BCUT2D eigenvalue weighted by Gasteiger charge is 2.46. The van der Waals surface area contributed by atoms with Crippen LogP contribution < -0.4 is 5.73 Å². The largest absolute Gasteiger partial charge is 0.327 e. The van der Waals surface area contributed by atoms with Gasteiger partial charge in [-0.3, -0.25) is 9.69 Å². The molecule has 2 N–H and O–H groups in total. The summed E-state index contributed by atoms with van der Waals surface area (Å²) in [6.07, 6.45) is 0. The van der Waals surface area contributed by atoms with E-state index in [1.165, 1.54) is 4.90 Å². The van der Waals surface area contributed by atoms with Gasteiger partial charge in [-0.1, -0.05) is 30.3 Å². The molecular formula is C16H24N4O2. The number of rotatable bonds is 4. The molecule has 1 fully saturated rings. The monoisotopic (exact) mass is 304 g/mol. The van der Waals surface area contributed by atoms with Crippen LogP contribution >= 0.6 is 0 Å². The van der Waals surface area contributed by atoms with Gasteiger partial charge in [0.15, 0.2) is 0 Å². The molecule has 120 valence electrons. The second kappa shape index (κ2) is 6.46. The van der Waals surface area contributed by atoms with Gasteiger partial charge in [0.2, 0.25) is 5.91 Å². The van der Waals surface area contributed by atoms with Crippen LogP contribution in [-0.4, -0.2) is 66.4 Å². The Morgan fingerprint density at radius 1 is 1.32 bits per heavy atom. The molecule has 6 nitrogen and oxygen atoms in total. The Kier molecular flexibility index (Phi) is 4.83. The minimum atomic E-state index is -0.719. The Labute approximate surface area is 131 Å². The normalized spacial score (nSPS) is 23.3. The Morgan fingerprint density at radius 3 is 2.45 bits per heavy atom. The summed E-state index contributed by atoms with van der Waals surface area (Å²) in [6.45, 7) is 2.35. The molecule has 1 heterocycles. The molecule has 22 heavy (non-hydrogen) atoms. The molecule has 0 unspecified atom stereocenters. The molecule has 0 spiro atoms. The van der Waals surface area contributed by atoms with E-state index in [9.17, 15) is 9.59 Å². The summed E-state index contributed by atoms with van der Waals surface area (Å²) in [5.41, 5.74) is 6.93. The first kappa shape index (κ1) is 16.5. The Balaban J connectivity index is 2.33. The van der Waals surface area contributed by atoms with E-state index in [-0.39, 0.29) is 24.0 Å². The number of imide groups is 1. The second-order valence-corrected chi connectivity index (χ2v) is 6.07. The predicted molar refractivity (Wildman–Crippen MR) is 85.2 cm³/mol. The van der Waals surface area contributed by atoms with Crippen molar-refractivity contribution in [2.24, 2.45) is 5.73 Å². The Bertz CT molecular complexity index is 546. The molecule has 1 aliphatic rings. The first-order valence-corrected chi connectivity index (χ1v) is 7.39. The van der Waals surface area contributed by atoms with Crippen LogP contribution in [-0.2, 0) is 4.79 Å². The van der Waals surface area contributed by atoms with Crippen LogP contribution in [0.1, 0.15) is 18.5 Å². The molecule has 0 saturated carbocycles. The highest BCUT2D eigenvalue weighted by Crippen LogP contribution is 2.34. The van der Waals surface area contributed by atoms with Crippen LogP contribution in [0.5, 0.6) is 0 Å². The maximum atomic E-state index is 12.7. The molecule has 1 aromatic carbocycles.